The SMILES string of the molecule is CCCCCCCCCCCCCCCCNC(=O)[C@H](CO)NC(=O)[C@H](CSCCSC[C@H](NC(=O)[C@H](CCCCN)NC(=O)[C@H](CCCCN)NC(=O)[C@@H](N)CCCCN)C(=O)N[C@@H](CO)C(=O)NCCCCCCCCCCCCCCCC)NC(=O)[C@H](CCCCN)NC(=O)[C@H](CCCCN)NC(=O)[C@@H](N)CCCCN. The molecule has 0 saturated heterocycles. The summed E-state index contributed by atoms with van der Waals surface area (Å²) in [6.45, 7) is 5.63. The Balaban J connectivity index is 7.04. The van der Waals surface area contributed by atoms with Gasteiger partial charge in [-0.25, -0.2) is 0 Å². The highest BCUT2D eigenvalue weighted by Gasteiger charge is 2.35. The predicted molar refractivity (Wildman–Crippen MR) is 464 cm³/mol. The van der Waals surface area contributed by atoms with E-state index in [-0.39, 0.29) is 61.8 Å². The van der Waals surface area contributed by atoms with E-state index in [1.54, 1.807) is 0 Å². The van der Waals surface area contributed by atoms with Crippen LogP contribution in [0.5, 0.6) is 0 Å². The van der Waals surface area contributed by atoms with Crippen molar-refractivity contribution in [1.29, 1.82) is 0 Å². The summed E-state index contributed by atoms with van der Waals surface area (Å²) in [6, 6.07) is -12.1. The van der Waals surface area contributed by atoms with Crippen LogP contribution in [0.1, 0.15) is 309 Å². The van der Waals surface area contributed by atoms with E-state index in [1.165, 1.54) is 139 Å². The summed E-state index contributed by atoms with van der Waals surface area (Å²) in [5.74, 6) is -6.47. The van der Waals surface area contributed by atoms with Crippen molar-refractivity contribution < 1.29 is 58.2 Å². The Hall–Kier alpha value is -5.00. The largest absolute Gasteiger partial charge is 0.394 e. The van der Waals surface area contributed by atoms with Gasteiger partial charge in [0.1, 0.15) is 48.3 Å². The molecule has 114 heavy (non-hydrogen) atoms. The van der Waals surface area contributed by atoms with E-state index in [0.29, 0.717) is 142 Å². The van der Waals surface area contributed by atoms with E-state index in [1.807, 2.05) is 0 Å². The number of hydrogen-bond donors (Lipinski definition) is 20. The third-order valence-electron chi connectivity index (χ3n) is 20.4. The number of aliphatic hydroxyl groups is 2. The van der Waals surface area contributed by atoms with Crippen LogP contribution in [-0.4, -0.2) is 218 Å². The van der Waals surface area contributed by atoms with Crippen molar-refractivity contribution in [2.75, 3.05) is 88.6 Å². The van der Waals surface area contributed by atoms with Gasteiger partial charge >= 0.3 is 0 Å². The van der Waals surface area contributed by atoms with Crippen molar-refractivity contribution >= 4 is 82.6 Å². The highest BCUT2D eigenvalue weighted by molar-refractivity contribution is 8.03. The van der Waals surface area contributed by atoms with Crippen molar-refractivity contribution in [3.63, 3.8) is 0 Å². The van der Waals surface area contributed by atoms with Crippen LogP contribution in [0.15, 0.2) is 0 Å². The highest BCUT2D eigenvalue weighted by atomic mass is 32.2. The van der Waals surface area contributed by atoms with Gasteiger partial charge in [0.25, 0.3) is 0 Å². The van der Waals surface area contributed by atoms with Crippen LogP contribution in [0.3, 0.4) is 0 Å². The minimum atomic E-state index is -1.40. The number of nitrogens with two attached hydrogens (primary N) is 8. The van der Waals surface area contributed by atoms with Gasteiger partial charge in [-0.3, -0.25) is 47.9 Å². The third kappa shape index (κ3) is 58.0. The van der Waals surface area contributed by atoms with Gasteiger partial charge in [0.05, 0.1) is 25.3 Å². The first-order chi connectivity index (χ1) is 55.3. The zero-order chi connectivity index (χ0) is 84.5. The lowest BCUT2D eigenvalue weighted by atomic mass is 10.0. The number of unbranched alkanes of at least 4 members (excludes halogenated alkanes) is 32. The molecule has 0 unspecified atom stereocenters. The Morgan fingerprint density at radius 2 is 0.447 bits per heavy atom. The van der Waals surface area contributed by atoms with Crippen molar-refractivity contribution in [2.45, 2.75) is 370 Å². The summed E-state index contributed by atoms with van der Waals surface area (Å²) in [6.07, 6.45) is 40.1. The summed E-state index contributed by atoms with van der Waals surface area (Å²) >= 11 is 2.44. The fraction of sp³-hybridized carbons (Fsp3) is 0.878. The Morgan fingerprint density at radius 3 is 0.684 bits per heavy atom. The van der Waals surface area contributed by atoms with Gasteiger partial charge in [-0.1, -0.05) is 194 Å². The summed E-state index contributed by atoms with van der Waals surface area (Å²) in [4.78, 5) is 141. The molecular formula is C82H164N18O12S2. The van der Waals surface area contributed by atoms with Crippen LogP contribution in [0.4, 0.5) is 0 Å². The molecule has 0 aromatic heterocycles. The number of amides is 10. The monoisotopic (exact) mass is 1660 g/mol. The molecule has 30 nitrogen and oxygen atoms in total. The molecule has 0 radical (unpaired) electrons. The lowest BCUT2D eigenvalue weighted by molar-refractivity contribution is -0.134. The molecule has 10 amide bonds. The molecule has 0 bridgehead atoms. The van der Waals surface area contributed by atoms with Gasteiger partial charge in [-0.2, -0.15) is 23.5 Å². The molecule has 10 atom stereocenters. The molecular weight excluding hydrogens is 1490 g/mol. The molecule has 32 heteroatoms. The van der Waals surface area contributed by atoms with Gasteiger partial charge < -0.3 is 109 Å². The highest BCUT2D eigenvalue weighted by Crippen LogP contribution is 2.18. The van der Waals surface area contributed by atoms with Crippen molar-refractivity contribution in [1.82, 2.24) is 53.2 Å². The molecule has 0 aliphatic rings. The second-order valence-electron chi connectivity index (χ2n) is 30.7. The zero-order valence-electron chi connectivity index (χ0n) is 70.6. The molecule has 0 spiro atoms. The maximum absolute atomic E-state index is 14.7. The fourth-order valence-corrected chi connectivity index (χ4v) is 15.3. The summed E-state index contributed by atoms with van der Waals surface area (Å²) < 4.78 is 0. The second-order valence-corrected chi connectivity index (χ2v) is 33.0. The van der Waals surface area contributed by atoms with E-state index in [0.717, 1.165) is 51.4 Å². The lowest BCUT2D eigenvalue weighted by Gasteiger charge is -2.27. The van der Waals surface area contributed by atoms with Crippen molar-refractivity contribution in [3.8, 4) is 0 Å². The molecule has 0 aromatic carbocycles. The number of carbonyl (C=O) groups excluding carboxylic acids is 10. The first-order valence-corrected chi connectivity index (χ1v) is 46.7. The Kier molecular flexibility index (Phi) is 73.3. The van der Waals surface area contributed by atoms with Gasteiger partial charge in [0.2, 0.25) is 59.1 Å². The minimum absolute atomic E-state index is 0.0880. The molecule has 0 saturated carbocycles. The standard InChI is InChI=1S/C82H164N18O12S2/c1-3-5-7-9-11-13-15-17-19-21-23-25-27-41-55-91-75(105)69(59-101)97-81(111)71(99-79(109)67(47-33-39-53-87)95-77(107)65(45-31-37-51-85)93-73(103)63(89)43-29-35-49-83)61-113-57-58-114-62-72(82(112)98-70(60-102)76(106)92-56-42-28-26-24-22-20-18-16-14-12-10-8-6-4-2)100-80(110)68(48-34-40-54-88)96-78(108)66(46-32-38-52-86)94-74(104)64(90)44-30-36-50-84/h63-72,101-102H,3-62,83-90H2,1-2H3,(H,91,105)(H,92,106)(H,93,103)(H,94,104)(H,95,107)(H,96,108)(H,97,111)(H,98,112)(H,99,109)(H,100,110)/t63-,64-,65-,66-,67-,68-,69-,70-,71-,72-/m0/s1. The smallest absolute Gasteiger partial charge is 0.244 e. The van der Waals surface area contributed by atoms with Crippen LogP contribution in [0, 0.1) is 0 Å². The summed E-state index contributed by atoms with van der Waals surface area (Å²) in [5.41, 5.74) is 47.2. The maximum Gasteiger partial charge on any atom is 0.244 e. The molecule has 666 valence electrons. The van der Waals surface area contributed by atoms with Crippen LogP contribution >= 0.6 is 23.5 Å². The molecule has 0 rings (SSSR count). The molecule has 0 aliphatic carbocycles. The quantitative estimate of drug-likeness (QED) is 0.0359. The first-order valence-electron chi connectivity index (χ1n) is 44.3. The predicted octanol–water partition coefficient (Wildman–Crippen LogP) is 4.94. The third-order valence-corrected chi connectivity index (χ3v) is 22.8. The number of rotatable bonds is 81. The van der Waals surface area contributed by atoms with Crippen LogP contribution in [-0.2, 0) is 47.9 Å². The number of thioether (sulfide) groups is 2. The minimum Gasteiger partial charge on any atom is -0.394 e. The lowest BCUT2D eigenvalue weighted by Crippen LogP contribution is -2.59. The van der Waals surface area contributed by atoms with Crippen LogP contribution in [0.25, 0.3) is 0 Å². The number of carbonyl (C=O) groups is 10. The molecule has 0 heterocycles. The Morgan fingerprint density at radius 1 is 0.246 bits per heavy atom. The fourth-order valence-electron chi connectivity index (χ4n) is 13.1. The number of nitrogens with one attached hydrogen (secondary N) is 10. The van der Waals surface area contributed by atoms with E-state index in [4.69, 9.17) is 45.9 Å². The van der Waals surface area contributed by atoms with Gasteiger partial charge in [0.15, 0.2) is 0 Å². The van der Waals surface area contributed by atoms with Gasteiger partial charge in [-0.05, 0) is 155 Å². The number of hydrogen-bond acceptors (Lipinski definition) is 22. The second kappa shape index (κ2) is 76.7. The molecule has 0 aromatic rings. The average Bonchev–Trinajstić information content (AvgIpc) is 0.868. The van der Waals surface area contributed by atoms with Gasteiger partial charge in [0, 0.05) is 36.1 Å². The van der Waals surface area contributed by atoms with E-state index in [2.05, 4.69) is 67.0 Å². The number of aliphatic hydroxyl groups excluding tert-OH is 2. The Labute approximate surface area is 694 Å². The molecule has 0 fully saturated rings. The topological polar surface area (TPSA) is 540 Å². The van der Waals surface area contributed by atoms with E-state index >= 15 is 0 Å². The van der Waals surface area contributed by atoms with Crippen LogP contribution in [0.2, 0.25) is 0 Å². The average molecular weight is 1660 g/mol. The normalized spacial score (nSPS) is 14.0. The zero-order valence-corrected chi connectivity index (χ0v) is 72.2. The molecule has 28 N–H and O–H groups in total. The van der Waals surface area contributed by atoms with Crippen molar-refractivity contribution in [2.24, 2.45) is 45.9 Å². The van der Waals surface area contributed by atoms with E-state index < -0.39 is 133 Å². The first kappa shape index (κ1) is 109. The van der Waals surface area contributed by atoms with Crippen LogP contribution < -0.4 is 99.0 Å². The summed E-state index contributed by atoms with van der Waals surface area (Å²) in [7, 11) is 0. The van der Waals surface area contributed by atoms with E-state index in [9.17, 15) is 58.2 Å². The Bertz CT molecular complexity index is 2310. The van der Waals surface area contributed by atoms with Crippen molar-refractivity contribution in [3.05, 3.63) is 0 Å². The molecule has 0 aliphatic heterocycles. The maximum atomic E-state index is 14.7. The summed E-state index contributed by atoms with van der Waals surface area (Å²) in [5, 5.41) is 48.8. The van der Waals surface area contributed by atoms with Gasteiger partial charge in [-0.15, -0.1) is 0 Å².